The van der Waals surface area contributed by atoms with Crippen LogP contribution in [0.4, 0.5) is 0 Å². The fourth-order valence-corrected chi connectivity index (χ4v) is 2.53. The molecule has 0 aliphatic rings. The van der Waals surface area contributed by atoms with Gasteiger partial charge in [0, 0.05) is 5.75 Å². The van der Waals surface area contributed by atoms with Crippen molar-refractivity contribution in [2.24, 2.45) is 0 Å². The third-order valence-electron chi connectivity index (χ3n) is 1.97. The zero-order chi connectivity index (χ0) is 9.52. The smallest absolute Gasteiger partial charge is 0.0187 e. The first-order valence-electron chi connectivity index (χ1n) is 4.57. The van der Waals surface area contributed by atoms with E-state index < -0.39 is 0 Å². The maximum atomic E-state index is 4.19. The molecule has 72 valence electrons. The van der Waals surface area contributed by atoms with Crippen LogP contribution in [0.25, 0.3) is 0 Å². The minimum absolute atomic E-state index is 1.00. The first kappa shape index (κ1) is 11.0. The Bertz CT molecular complexity index is 246. The summed E-state index contributed by atoms with van der Waals surface area (Å²) in [6.45, 7) is 2.18. The van der Waals surface area contributed by atoms with Gasteiger partial charge in [0.2, 0.25) is 0 Å². The van der Waals surface area contributed by atoms with Crippen LogP contribution in [-0.2, 0) is 5.75 Å². The summed E-state index contributed by atoms with van der Waals surface area (Å²) >= 11 is 6.18. The van der Waals surface area contributed by atoms with E-state index in [1.807, 2.05) is 11.8 Å². The number of benzene rings is 1. The Morgan fingerprint density at radius 2 is 2.08 bits per heavy atom. The fourth-order valence-electron chi connectivity index (χ4n) is 1.12. The average Bonchev–Trinajstić information content (AvgIpc) is 2.15. The van der Waals surface area contributed by atoms with Crippen molar-refractivity contribution >= 4 is 24.4 Å². The van der Waals surface area contributed by atoms with Gasteiger partial charge in [-0.25, -0.2) is 0 Å². The van der Waals surface area contributed by atoms with Gasteiger partial charge in [0.1, 0.15) is 0 Å². The number of hydrogen-bond donors (Lipinski definition) is 1. The summed E-state index contributed by atoms with van der Waals surface area (Å²) in [5.41, 5.74) is 2.87. The molecule has 0 spiro atoms. The number of thiol groups is 1. The SMILES string of the molecule is Cc1ccccc1CSCCCS. The fraction of sp³-hybridized carbons (Fsp3) is 0.455. The number of hydrogen-bond acceptors (Lipinski definition) is 2. The third kappa shape index (κ3) is 4.10. The Morgan fingerprint density at radius 1 is 1.31 bits per heavy atom. The predicted molar refractivity (Wildman–Crippen MR) is 65.8 cm³/mol. The zero-order valence-electron chi connectivity index (χ0n) is 7.99. The van der Waals surface area contributed by atoms with E-state index in [-0.39, 0.29) is 0 Å². The molecule has 0 N–H and O–H groups in total. The van der Waals surface area contributed by atoms with Crippen LogP contribution in [-0.4, -0.2) is 11.5 Å². The van der Waals surface area contributed by atoms with E-state index in [0.717, 1.165) is 11.5 Å². The van der Waals surface area contributed by atoms with Gasteiger partial charge in [-0.1, -0.05) is 24.3 Å². The third-order valence-corrected chi connectivity index (χ3v) is 3.37. The zero-order valence-corrected chi connectivity index (χ0v) is 9.70. The Hall–Kier alpha value is -0.0800. The van der Waals surface area contributed by atoms with E-state index in [4.69, 9.17) is 0 Å². The first-order valence-corrected chi connectivity index (χ1v) is 6.36. The molecule has 0 fully saturated rings. The molecular formula is C11H16S2. The lowest BCUT2D eigenvalue weighted by Gasteiger charge is -2.04. The largest absolute Gasteiger partial charge is 0.179 e. The van der Waals surface area contributed by atoms with E-state index in [9.17, 15) is 0 Å². The molecule has 1 aromatic rings. The maximum Gasteiger partial charge on any atom is 0.0187 e. The minimum atomic E-state index is 1.00. The van der Waals surface area contributed by atoms with Crippen LogP contribution < -0.4 is 0 Å². The molecule has 0 heterocycles. The molecule has 0 radical (unpaired) electrons. The highest BCUT2D eigenvalue weighted by atomic mass is 32.2. The molecule has 2 heteroatoms. The minimum Gasteiger partial charge on any atom is -0.179 e. The van der Waals surface area contributed by atoms with Crippen LogP contribution in [0.2, 0.25) is 0 Å². The van der Waals surface area contributed by atoms with Crippen molar-refractivity contribution in [2.75, 3.05) is 11.5 Å². The maximum absolute atomic E-state index is 4.19. The van der Waals surface area contributed by atoms with E-state index in [1.54, 1.807) is 0 Å². The van der Waals surface area contributed by atoms with Crippen molar-refractivity contribution in [1.82, 2.24) is 0 Å². The van der Waals surface area contributed by atoms with Crippen LogP contribution in [0, 0.1) is 6.92 Å². The molecule has 0 aliphatic carbocycles. The second kappa shape index (κ2) is 6.39. The molecular weight excluding hydrogens is 196 g/mol. The second-order valence-electron chi connectivity index (χ2n) is 3.06. The standard InChI is InChI=1S/C11H16S2/c1-10-5-2-3-6-11(10)9-13-8-4-7-12/h2-3,5-6,12H,4,7-9H2,1H3. The van der Waals surface area contributed by atoms with E-state index in [1.165, 1.54) is 23.3 Å². The summed E-state index contributed by atoms with van der Waals surface area (Å²) < 4.78 is 0. The molecule has 0 aliphatic heterocycles. The second-order valence-corrected chi connectivity index (χ2v) is 4.61. The number of aryl methyl sites for hydroxylation is 1. The molecule has 0 saturated heterocycles. The lowest BCUT2D eigenvalue weighted by Crippen LogP contribution is -1.87. The summed E-state index contributed by atoms with van der Waals surface area (Å²) in [5, 5.41) is 0. The Kier molecular flexibility index (Phi) is 5.40. The lowest BCUT2D eigenvalue weighted by atomic mass is 10.1. The first-order chi connectivity index (χ1) is 6.34. The molecule has 0 amide bonds. The van der Waals surface area contributed by atoms with Crippen LogP contribution in [0.3, 0.4) is 0 Å². The summed E-state index contributed by atoms with van der Waals surface area (Å²) in [4.78, 5) is 0. The van der Waals surface area contributed by atoms with Gasteiger partial charge in [-0.2, -0.15) is 24.4 Å². The van der Waals surface area contributed by atoms with Gasteiger partial charge in [0.25, 0.3) is 0 Å². The van der Waals surface area contributed by atoms with Gasteiger partial charge in [0.05, 0.1) is 0 Å². The van der Waals surface area contributed by atoms with Crippen LogP contribution in [0.1, 0.15) is 17.5 Å². The molecule has 1 aromatic carbocycles. The molecule has 13 heavy (non-hydrogen) atoms. The Morgan fingerprint density at radius 3 is 2.77 bits per heavy atom. The van der Waals surface area contributed by atoms with Crippen LogP contribution in [0.15, 0.2) is 24.3 Å². The van der Waals surface area contributed by atoms with Crippen LogP contribution in [0.5, 0.6) is 0 Å². The van der Waals surface area contributed by atoms with Gasteiger partial charge in [-0.3, -0.25) is 0 Å². The van der Waals surface area contributed by atoms with Crippen molar-refractivity contribution in [3.8, 4) is 0 Å². The molecule has 0 atom stereocenters. The van der Waals surface area contributed by atoms with Crippen molar-refractivity contribution < 1.29 is 0 Å². The number of thioether (sulfide) groups is 1. The Balaban J connectivity index is 2.32. The van der Waals surface area contributed by atoms with Gasteiger partial charge in [0.15, 0.2) is 0 Å². The van der Waals surface area contributed by atoms with Gasteiger partial charge in [-0.15, -0.1) is 0 Å². The summed E-state index contributed by atoms with van der Waals surface area (Å²) in [7, 11) is 0. The quantitative estimate of drug-likeness (QED) is 0.575. The molecule has 0 aromatic heterocycles. The van der Waals surface area contributed by atoms with Gasteiger partial charge in [-0.05, 0) is 36.0 Å². The predicted octanol–water partition coefficient (Wildman–Crippen LogP) is 3.55. The molecule has 0 saturated carbocycles. The summed E-state index contributed by atoms with van der Waals surface area (Å²) in [5.74, 6) is 3.36. The molecule has 0 nitrogen and oxygen atoms in total. The van der Waals surface area contributed by atoms with Gasteiger partial charge < -0.3 is 0 Å². The highest BCUT2D eigenvalue weighted by Gasteiger charge is 1.96. The lowest BCUT2D eigenvalue weighted by molar-refractivity contribution is 1.13. The van der Waals surface area contributed by atoms with E-state index in [2.05, 4.69) is 43.8 Å². The Labute approximate surface area is 90.5 Å². The highest BCUT2D eigenvalue weighted by Crippen LogP contribution is 2.16. The summed E-state index contributed by atoms with van der Waals surface area (Å²) in [6.07, 6.45) is 1.21. The monoisotopic (exact) mass is 212 g/mol. The van der Waals surface area contributed by atoms with Crippen molar-refractivity contribution in [2.45, 2.75) is 19.1 Å². The number of rotatable bonds is 5. The van der Waals surface area contributed by atoms with Crippen molar-refractivity contribution in [1.29, 1.82) is 0 Å². The molecule has 0 bridgehead atoms. The van der Waals surface area contributed by atoms with E-state index >= 15 is 0 Å². The highest BCUT2D eigenvalue weighted by molar-refractivity contribution is 7.98. The topological polar surface area (TPSA) is 0 Å². The van der Waals surface area contributed by atoms with Gasteiger partial charge >= 0.3 is 0 Å². The molecule has 0 unspecified atom stereocenters. The molecule has 1 rings (SSSR count). The normalized spacial score (nSPS) is 10.3. The van der Waals surface area contributed by atoms with Crippen molar-refractivity contribution in [3.05, 3.63) is 35.4 Å². The van der Waals surface area contributed by atoms with Crippen molar-refractivity contribution in [3.63, 3.8) is 0 Å². The van der Waals surface area contributed by atoms with Crippen LogP contribution >= 0.6 is 24.4 Å². The average molecular weight is 212 g/mol. The van der Waals surface area contributed by atoms with E-state index in [0.29, 0.717) is 0 Å². The summed E-state index contributed by atoms with van der Waals surface area (Å²) in [6, 6.07) is 8.59.